The van der Waals surface area contributed by atoms with Gasteiger partial charge in [-0.15, -0.1) is 12.4 Å². The third kappa shape index (κ3) is 9.81. The van der Waals surface area contributed by atoms with E-state index in [0.29, 0.717) is 5.41 Å². The van der Waals surface area contributed by atoms with Crippen molar-refractivity contribution >= 4 is 25.0 Å². The van der Waals surface area contributed by atoms with Gasteiger partial charge in [0.2, 0.25) is 0 Å². The Hall–Kier alpha value is 0.640. The van der Waals surface area contributed by atoms with E-state index in [9.17, 15) is 0 Å². The summed E-state index contributed by atoms with van der Waals surface area (Å²) in [6, 6.07) is 0. The van der Waals surface area contributed by atoms with E-state index in [1.165, 1.54) is 6.42 Å². The Labute approximate surface area is 63.9 Å². The standard InChI is InChI=1S/C6H14S.ClH/c1-6(2,3)4-5-7;/h7H,4-5H2,1-3H3;1H. The Morgan fingerprint density at radius 3 is 1.62 bits per heavy atom. The van der Waals surface area contributed by atoms with Crippen LogP contribution in [-0.2, 0) is 0 Å². The van der Waals surface area contributed by atoms with Crippen LogP contribution in [0.15, 0.2) is 0 Å². The van der Waals surface area contributed by atoms with E-state index in [2.05, 4.69) is 33.4 Å². The lowest BCUT2D eigenvalue weighted by molar-refractivity contribution is 0.402. The molecular formula is C6H15ClS. The van der Waals surface area contributed by atoms with Crippen molar-refractivity contribution in [1.29, 1.82) is 0 Å². The molecule has 0 unspecified atom stereocenters. The second kappa shape index (κ2) is 4.51. The summed E-state index contributed by atoms with van der Waals surface area (Å²) < 4.78 is 0. The fourth-order valence-electron chi connectivity index (χ4n) is 0.335. The molecule has 0 aromatic carbocycles. The van der Waals surface area contributed by atoms with Crippen molar-refractivity contribution in [2.24, 2.45) is 5.41 Å². The second-order valence-corrected chi connectivity index (χ2v) is 3.48. The van der Waals surface area contributed by atoms with E-state index >= 15 is 0 Å². The average molecular weight is 155 g/mol. The first-order valence-corrected chi connectivity index (χ1v) is 3.30. The molecule has 52 valence electrons. The molecule has 0 fully saturated rings. The number of hydrogen-bond donors (Lipinski definition) is 1. The van der Waals surface area contributed by atoms with Crippen LogP contribution in [0.25, 0.3) is 0 Å². The number of hydrogen-bond acceptors (Lipinski definition) is 1. The molecule has 0 saturated heterocycles. The maximum atomic E-state index is 4.11. The molecule has 0 rings (SSSR count). The van der Waals surface area contributed by atoms with Crippen LogP contribution in [0.2, 0.25) is 0 Å². The second-order valence-electron chi connectivity index (χ2n) is 3.03. The van der Waals surface area contributed by atoms with Crippen molar-refractivity contribution in [2.45, 2.75) is 27.2 Å². The van der Waals surface area contributed by atoms with E-state index in [-0.39, 0.29) is 12.4 Å². The van der Waals surface area contributed by atoms with Crippen LogP contribution in [-0.4, -0.2) is 5.75 Å². The summed E-state index contributed by atoms with van der Waals surface area (Å²) >= 11 is 4.11. The van der Waals surface area contributed by atoms with Crippen molar-refractivity contribution in [3.05, 3.63) is 0 Å². The van der Waals surface area contributed by atoms with Gasteiger partial charge in [-0.05, 0) is 17.6 Å². The number of rotatable bonds is 1. The molecule has 0 spiro atoms. The number of thiol groups is 1. The number of halogens is 1. The average Bonchev–Trinajstić information content (AvgIpc) is 1.30. The normalized spacial score (nSPS) is 10.5. The van der Waals surface area contributed by atoms with Crippen LogP contribution < -0.4 is 0 Å². The first-order valence-electron chi connectivity index (χ1n) is 2.67. The predicted molar refractivity (Wildman–Crippen MR) is 45.2 cm³/mol. The molecule has 0 aliphatic heterocycles. The molecule has 0 nitrogen and oxygen atoms in total. The SMILES string of the molecule is CC(C)(C)CCS.Cl. The summed E-state index contributed by atoms with van der Waals surface area (Å²) in [6.45, 7) is 6.68. The van der Waals surface area contributed by atoms with E-state index in [1.54, 1.807) is 0 Å². The first-order chi connectivity index (χ1) is 3.06. The highest BCUT2D eigenvalue weighted by atomic mass is 35.5. The van der Waals surface area contributed by atoms with Gasteiger partial charge in [-0.25, -0.2) is 0 Å². The van der Waals surface area contributed by atoms with Gasteiger partial charge < -0.3 is 0 Å². The molecule has 0 amide bonds. The van der Waals surface area contributed by atoms with Crippen LogP contribution in [0.4, 0.5) is 0 Å². The molecule has 8 heavy (non-hydrogen) atoms. The highest BCUT2D eigenvalue weighted by molar-refractivity contribution is 7.80. The quantitative estimate of drug-likeness (QED) is 0.552. The van der Waals surface area contributed by atoms with E-state index in [4.69, 9.17) is 0 Å². The summed E-state index contributed by atoms with van der Waals surface area (Å²) in [7, 11) is 0. The Bertz CT molecular complexity index is 47.0. The lowest BCUT2D eigenvalue weighted by atomic mass is 9.94. The molecule has 2 heteroatoms. The minimum Gasteiger partial charge on any atom is -0.179 e. The largest absolute Gasteiger partial charge is 0.179 e. The van der Waals surface area contributed by atoms with Crippen LogP contribution in [0.1, 0.15) is 27.2 Å². The van der Waals surface area contributed by atoms with Crippen molar-refractivity contribution in [3.8, 4) is 0 Å². The maximum absolute atomic E-state index is 4.11. The summed E-state index contributed by atoms with van der Waals surface area (Å²) in [4.78, 5) is 0. The van der Waals surface area contributed by atoms with Crippen molar-refractivity contribution in [1.82, 2.24) is 0 Å². The van der Waals surface area contributed by atoms with Gasteiger partial charge >= 0.3 is 0 Å². The summed E-state index contributed by atoms with van der Waals surface area (Å²) in [6.07, 6.45) is 1.20. The summed E-state index contributed by atoms with van der Waals surface area (Å²) in [5.74, 6) is 1.00. The van der Waals surface area contributed by atoms with Crippen LogP contribution >= 0.6 is 25.0 Å². The third-order valence-corrected chi connectivity index (χ3v) is 1.09. The zero-order valence-corrected chi connectivity index (χ0v) is 7.48. The highest BCUT2D eigenvalue weighted by Gasteiger charge is 2.06. The lowest BCUT2D eigenvalue weighted by Crippen LogP contribution is -2.04. The van der Waals surface area contributed by atoms with E-state index < -0.39 is 0 Å². The smallest absolute Gasteiger partial charge is 0.00929 e. The minimum atomic E-state index is 0. The molecule has 0 heterocycles. The van der Waals surface area contributed by atoms with E-state index in [1.807, 2.05) is 0 Å². The summed E-state index contributed by atoms with van der Waals surface area (Å²) in [5.41, 5.74) is 0.474. The molecule has 0 aliphatic carbocycles. The molecule has 0 atom stereocenters. The van der Waals surface area contributed by atoms with Crippen molar-refractivity contribution < 1.29 is 0 Å². The highest BCUT2D eigenvalue weighted by Crippen LogP contribution is 2.17. The maximum Gasteiger partial charge on any atom is -0.00929 e. The van der Waals surface area contributed by atoms with Crippen LogP contribution in [0.5, 0.6) is 0 Å². The molecular weight excluding hydrogens is 140 g/mol. The van der Waals surface area contributed by atoms with E-state index in [0.717, 1.165) is 5.75 Å². The zero-order valence-electron chi connectivity index (χ0n) is 5.77. The van der Waals surface area contributed by atoms with Gasteiger partial charge in [0.1, 0.15) is 0 Å². The van der Waals surface area contributed by atoms with Gasteiger partial charge in [-0.3, -0.25) is 0 Å². The predicted octanol–water partition coefficient (Wildman–Crippen LogP) is 2.77. The third-order valence-electron chi connectivity index (χ3n) is 0.862. The Morgan fingerprint density at radius 1 is 1.25 bits per heavy atom. The molecule has 0 aromatic heterocycles. The molecule has 0 saturated carbocycles. The van der Waals surface area contributed by atoms with Crippen LogP contribution in [0, 0.1) is 5.41 Å². The van der Waals surface area contributed by atoms with Gasteiger partial charge in [0.25, 0.3) is 0 Å². The van der Waals surface area contributed by atoms with Crippen molar-refractivity contribution in [2.75, 3.05) is 5.75 Å². The molecule has 0 bridgehead atoms. The lowest BCUT2D eigenvalue weighted by Gasteiger charge is -2.14. The topological polar surface area (TPSA) is 0 Å². The van der Waals surface area contributed by atoms with Gasteiger partial charge in [-0.1, -0.05) is 20.8 Å². The summed E-state index contributed by atoms with van der Waals surface area (Å²) in [5, 5.41) is 0. The Balaban J connectivity index is 0. The molecule has 0 aliphatic rings. The fourth-order valence-corrected chi connectivity index (χ4v) is 1.01. The fraction of sp³-hybridized carbons (Fsp3) is 1.00. The molecule has 0 N–H and O–H groups in total. The zero-order chi connectivity index (χ0) is 5.91. The van der Waals surface area contributed by atoms with Gasteiger partial charge in [0.15, 0.2) is 0 Å². The van der Waals surface area contributed by atoms with Crippen LogP contribution in [0.3, 0.4) is 0 Å². The van der Waals surface area contributed by atoms with Gasteiger partial charge in [-0.2, -0.15) is 12.6 Å². The Kier molecular flexibility index (Phi) is 6.45. The molecule has 0 aromatic rings. The first kappa shape index (κ1) is 11.4. The van der Waals surface area contributed by atoms with Gasteiger partial charge in [0, 0.05) is 0 Å². The van der Waals surface area contributed by atoms with Crippen molar-refractivity contribution in [3.63, 3.8) is 0 Å². The monoisotopic (exact) mass is 154 g/mol. The Morgan fingerprint density at radius 2 is 1.62 bits per heavy atom. The van der Waals surface area contributed by atoms with Gasteiger partial charge in [0.05, 0.1) is 0 Å². The minimum absolute atomic E-state index is 0. The molecule has 0 radical (unpaired) electrons.